The molecule has 4 atom stereocenters. The van der Waals surface area contributed by atoms with Gasteiger partial charge in [0.25, 0.3) is 0 Å². The van der Waals surface area contributed by atoms with Crippen molar-refractivity contribution in [2.45, 2.75) is 77.5 Å². The molecule has 2 saturated heterocycles. The molecule has 0 radical (unpaired) electrons. The van der Waals surface area contributed by atoms with E-state index in [9.17, 15) is 19.5 Å². The van der Waals surface area contributed by atoms with Crippen LogP contribution in [0.4, 0.5) is 10.5 Å². The Balaban J connectivity index is 1.00. The predicted octanol–water partition coefficient (Wildman–Crippen LogP) is 6.68. The van der Waals surface area contributed by atoms with Crippen LogP contribution in [0.1, 0.15) is 77.1 Å². The molecule has 5 aromatic rings. The third-order valence-electron chi connectivity index (χ3n) is 10.6. The standard InChI is InChI=1S/C41H48N10O4/c1-24(2)35(46-30-19-42-23-43-20-30)39(52)50-17-5-7-33(50)37-44-21-31(47-37)28-13-9-26(10-14-28)27-11-15-29(16-12-27)32-22-45-38(48-32)34-8-6-18-51(34)40(53)36(25(3)4)49-41(54)55/h9-16,19-25,33-36,46,49H,5-8,17-18H2,1-4H3,(H,44,47)(H,45,48)(H,54,55)/t33-,34-,35-,36-/m0/s1. The first-order valence-corrected chi connectivity index (χ1v) is 19.0. The Bertz CT molecular complexity index is 2100. The highest BCUT2D eigenvalue weighted by Crippen LogP contribution is 2.35. The summed E-state index contributed by atoms with van der Waals surface area (Å²) < 4.78 is 0. The topological polar surface area (TPSA) is 185 Å². The van der Waals surface area contributed by atoms with Crippen molar-refractivity contribution in [1.29, 1.82) is 0 Å². The number of carbonyl (C=O) groups is 3. The summed E-state index contributed by atoms with van der Waals surface area (Å²) >= 11 is 0. The number of H-pyrrole nitrogens is 2. The smallest absolute Gasteiger partial charge is 0.405 e. The first-order valence-electron chi connectivity index (χ1n) is 19.0. The molecular weight excluding hydrogens is 697 g/mol. The lowest BCUT2D eigenvalue weighted by atomic mass is 10.0. The van der Waals surface area contributed by atoms with Gasteiger partial charge in [-0.15, -0.1) is 0 Å². The number of rotatable bonds is 12. The molecule has 5 heterocycles. The van der Waals surface area contributed by atoms with Crippen molar-refractivity contribution in [3.05, 3.63) is 91.3 Å². The molecule has 286 valence electrons. The van der Waals surface area contributed by atoms with Crippen LogP contribution in [0.3, 0.4) is 0 Å². The number of hydrogen-bond acceptors (Lipinski definition) is 8. The number of aromatic nitrogens is 6. The van der Waals surface area contributed by atoms with E-state index in [1.807, 2.05) is 50.9 Å². The Kier molecular flexibility index (Phi) is 10.9. The van der Waals surface area contributed by atoms with Gasteiger partial charge in [-0.2, -0.15) is 0 Å². The van der Waals surface area contributed by atoms with Crippen LogP contribution in [0.2, 0.25) is 0 Å². The van der Waals surface area contributed by atoms with E-state index >= 15 is 0 Å². The lowest BCUT2D eigenvalue weighted by Crippen LogP contribution is -2.50. The molecule has 5 N–H and O–H groups in total. The van der Waals surface area contributed by atoms with Crippen LogP contribution in [-0.4, -0.2) is 87.9 Å². The Labute approximate surface area is 320 Å². The van der Waals surface area contributed by atoms with Gasteiger partial charge in [-0.05, 0) is 59.8 Å². The SMILES string of the molecule is CC(C)[C@H](NC(=O)O)C(=O)N1CCC[C@H]1c1ncc(-c2ccc(-c3ccc(-c4cnc([C@@H]5CCCN5C(=O)[C@@H](Nc5cncnc5)C(C)C)[nH]4)cc3)cc2)[nH]1. The molecule has 2 aliphatic rings. The van der Waals surface area contributed by atoms with Gasteiger partial charge >= 0.3 is 6.09 Å². The average Bonchev–Trinajstić information content (AvgIpc) is 4.02. The number of benzene rings is 2. The molecule has 0 aliphatic carbocycles. The molecule has 0 saturated carbocycles. The van der Waals surface area contributed by atoms with Crippen molar-refractivity contribution in [3.8, 4) is 33.6 Å². The van der Waals surface area contributed by atoms with Gasteiger partial charge in [-0.3, -0.25) is 9.59 Å². The lowest BCUT2D eigenvalue weighted by Gasteiger charge is -2.30. The molecule has 2 aliphatic heterocycles. The second-order valence-electron chi connectivity index (χ2n) is 15.1. The molecule has 0 bridgehead atoms. The quantitative estimate of drug-likeness (QED) is 0.0930. The van der Waals surface area contributed by atoms with Crippen LogP contribution in [0, 0.1) is 11.8 Å². The van der Waals surface area contributed by atoms with Crippen LogP contribution in [0.5, 0.6) is 0 Å². The minimum Gasteiger partial charge on any atom is -0.465 e. The molecule has 7 rings (SSSR count). The van der Waals surface area contributed by atoms with Gasteiger partial charge in [-0.25, -0.2) is 24.7 Å². The van der Waals surface area contributed by atoms with Gasteiger partial charge in [0, 0.05) is 13.1 Å². The fraction of sp³-hybridized carbons (Fsp3) is 0.390. The zero-order valence-electron chi connectivity index (χ0n) is 31.6. The molecular formula is C41H48N10O4. The lowest BCUT2D eigenvalue weighted by molar-refractivity contribution is -0.135. The molecule has 14 nitrogen and oxygen atoms in total. The highest BCUT2D eigenvalue weighted by atomic mass is 16.4. The van der Waals surface area contributed by atoms with Gasteiger partial charge in [0.15, 0.2) is 0 Å². The zero-order chi connectivity index (χ0) is 38.6. The van der Waals surface area contributed by atoms with E-state index in [0.717, 1.165) is 65.1 Å². The summed E-state index contributed by atoms with van der Waals surface area (Å²) in [6, 6.07) is 15.0. The maximum atomic E-state index is 13.8. The number of aromatic amines is 2. The minimum atomic E-state index is -1.21. The van der Waals surface area contributed by atoms with Crippen LogP contribution < -0.4 is 10.6 Å². The highest BCUT2D eigenvalue weighted by molar-refractivity contribution is 5.86. The maximum absolute atomic E-state index is 13.8. The predicted molar refractivity (Wildman–Crippen MR) is 208 cm³/mol. The van der Waals surface area contributed by atoms with Crippen molar-refractivity contribution in [2.24, 2.45) is 11.8 Å². The summed E-state index contributed by atoms with van der Waals surface area (Å²) in [5.41, 5.74) is 6.56. The van der Waals surface area contributed by atoms with Crippen LogP contribution >= 0.6 is 0 Å². The van der Waals surface area contributed by atoms with Crippen molar-refractivity contribution < 1.29 is 19.5 Å². The van der Waals surface area contributed by atoms with Gasteiger partial charge in [0.05, 0.1) is 53.9 Å². The summed E-state index contributed by atoms with van der Waals surface area (Å²) in [7, 11) is 0. The fourth-order valence-corrected chi connectivity index (χ4v) is 7.69. The Hall–Kier alpha value is -6.05. The number of nitrogens with one attached hydrogen (secondary N) is 4. The van der Waals surface area contributed by atoms with Crippen molar-refractivity contribution >= 4 is 23.6 Å². The fourth-order valence-electron chi connectivity index (χ4n) is 7.69. The molecule has 2 aromatic carbocycles. The second kappa shape index (κ2) is 16.1. The molecule has 3 aromatic heterocycles. The van der Waals surface area contributed by atoms with Crippen molar-refractivity contribution in [1.82, 2.24) is 45.0 Å². The van der Waals surface area contributed by atoms with E-state index in [1.165, 1.54) is 6.33 Å². The van der Waals surface area contributed by atoms with E-state index in [0.29, 0.717) is 24.6 Å². The summed E-state index contributed by atoms with van der Waals surface area (Å²) in [4.78, 5) is 66.7. The van der Waals surface area contributed by atoms with Gasteiger partial charge in [-0.1, -0.05) is 76.2 Å². The Morgan fingerprint density at radius 1 is 0.673 bits per heavy atom. The normalized spacial score (nSPS) is 18.1. The first-order chi connectivity index (χ1) is 26.6. The summed E-state index contributed by atoms with van der Waals surface area (Å²) in [6.45, 7) is 8.98. The Morgan fingerprint density at radius 2 is 1.11 bits per heavy atom. The van der Waals surface area contributed by atoms with Gasteiger partial charge < -0.3 is 35.5 Å². The summed E-state index contributed by atoms with van der Waals surface area (Å²) in [6.07, 6.45) is 10.6. The third kappa shape index (κ3) is 8.08. The molecule has 3 amide bonds. The number of anilines is 1. The summed E-state index contributed by atoms with van der Waals surface area (Å²) in [5, 5.41) is 15.0. The maximum Gasteiger partial charge on any atom is 0.405 e. The van der Waals surface area contributed by atoms with Crippen molar-refractivity contribution in [2.75, 3.05) is 18.4 Å². The van der Waals surface area contributed by atoms with Gasteiger partial charge in [0.2, 0.25) is 11.8 Å². The van der Waals surface area contributed by atoms with Gasteiger partial charge in [0.1, 0.15) is 30.1 Å². The molecule has 55 heavy (non-hydrogen) atoms. The number of hydrogen-bond donors (Lipinski definition) is 5. The molecule has 0 unspecified atom stereocenters. The van der Waals surface area contributed by atoms with E-state index in [4.69, 9.17) is 4.98 Å². The van der Waals surface area contributed by atoms with Crippen LogP contribution in [0.15, 0.2) is 79.6 Å². The Morgan fingerprint density at radius 3 is 1.55 bits per heavy atom. The number of nitrogens with zero attached hydrogens (tertiary/aromatic N) is 6. The third-order valence-corrected chi connectivity index (χ3v) is 10.6. The zero-order valence-corrected chi connectivity index (χ0v) is 31.6. The van der Waals surface area contributed by atoms with Crippen molar-refractivity contribution in [3.63, 3.8) is 0 Å². The molecule has 14 heteroatoms. The first kappa shape index (κ1) is 37.3. The van der Waals surface area contributed by atoms with Crippen LogP contribution in [0.25, 0.3) is 33.6 Å². The van der Waals surface area contributed by atoms with E-state index in [1.54, 1.807) is 23.5 Å². The van der Waals surface area contributed by atoms with Crippen LogP contribution in [-0.2, 0) is 9.59 Å². The number of carboxylic acid groups (broad SMARTS) is 1. The van der Waals surface area contributed by atoms with E-state index < -0.39 is 18.2 Å². The number of likely N-dealkylation sites (tertiary alicyclic amines) is 2. The largest absolute Gasteiger partial charge is 0.465 e. The number of imidazole rings is 2. The molecule has 2 fully saturated rings. The second-order valence-corrected chi connectivity index (χ2v) is 15.1. The number of carbonyl (C=O) groups excluding carboxylic acids is 2. The minimum absolute atomic E-state index is 0.0436. The monoisotopic (exact) mass is 744 g/mol. The molecule has 0 spiro atoms. The highest BCUT2D eigenvalue weighted by Gasteiger charge is 2.38. The van der Waals surface area contributed by atoms with E-state index in [-0.39, 0.29) is 35.7 Å². The average molecular weight is 745 g/mol. The van der Waals surface area contributed by atoms with E-state index in [2.05, 4.69) is 72.0 Å². The number of amides is 3. The summed E-state index contributed by atoms with van der Waals surface area (Å²) in [5.74, 6) is 1.19.